The zero-order valence-electron chi connectivity index (χ0n) is 13.8. The largest absolute Gasteiger partial charge is 0.493 e. The lowest BCUT2D eigenvalue weighted by atomic mass is 10.1. The Balaban J connectivity index is 2.09. The molecule has 1 heterocycles. The van der Waals surface area contributed by atoms with Gasteiger partial charge in [0.25, 0.3) is 5.91 Å². The van der Waals surface area contributed by atoms with Gasteiger partial charge in [-0.05, 0) is 42.8 Å². The molecule has 1 N–H and O–H groups in total. The van der Waals surface area contributed by atoms with Crippen LogP contribution in [0.25, 0.3) is 6.08 Å². The number of benzene rings is 1. The van der Waals surface area contributed by atoms with Crippen molar-refractivity contribution in [2.45, 2.75) is 6.92 Å². The number of thiophene rings is 1. The summed E-state index contributed by atoms with van der Waals surface area (Å²) in [6.07, 6.45) is 3.26. The normalized spacial score (nSPS) is 10.6. The summed E-state index contributed by atoms with van der Waals surface area (Å²) in [7, 11) is 3.07. The maximum atomic E-state index is 12.1. The van der Waals surface area contributed by atoms with Crippen LogP contribution in [0, 0.1) is 6.92 Å². The van der Waals surface area contributed by atoms with Gasteiger partial charge in [0, 0.05) is 11.9 Å². The van der Waals surface area contributed by atoms with E-state index in [1.165, 1.54) is 24.5 Å². The topological polar surface area (TPSA) is 64.6 Å². The quantitative estimate of drug-likeness (QED) is 0.619. The molecule has 2 rings (SSSR count). The van der Waals surface area contributed by atoms with E-state index in [0.717, 1.165) is 10.4 Å². The fourth-order valence-electron chi connectivity index (χ4n) is 1.94. The van der Waals surface area contributed by atoms with E-state index in [1.807, 2.05) is 19.1 Å². The number of nitrogens with one attached hydrogen (secondary N) is 1. The van der Waals surface area contributed by atoms with Crippen LogP contribution in [0.1, 0.15) is 20.1 Å². The summed E-state index contributed by atoms with van der Waals surface area (Å²) < 4.78 is 10.7. The van der Waals surface area contributed by atoms with Gasteiger partial charge in [-0.15, -0.1) is 11.3 Å². The van der Waals surface area contributed by atoms with Crippen LogP contribution in [-0.4, -0.2) is 32.5 Å². The molecule has 0 unspecified atom stereocenters. The van der Waals surface area contributed by atoms with Crippen molar-refractivity contribution in [3.63, 3.8) is 0 Å². The lowest BCUT2D eigenvalue weighted by Gasteiger charge is -2.10. The highest BCUT2D eigenvalue weighted by atomic mass is 32.1. The Bertz CT molecular complexity index is 764. The SMILES string of the molecule is CNC(=O)COc1ccc(/C=C\C(=O)c2ccc(C)s2)cc1OC. The van der Waals surface area contributed by atoms with E-state index in [0.29, 0.717) is 16.4 Å². The Hall–Kier alpha value is -2.60. The fraction of sp³-hybridized carbons (Fsp3) is 0.222. The molecular weight excluding hydrogens is 326 g/mol. The Morgan fingerprint density at radius 1 is 1.21 bits per heavy atom. The lowest BCUT2D eigenvalue weighted by molar-refractivity contribution is -0.122. The van der Waals surface area contributed by atoms with Crippen molar-refractivity contribution in [2.24, 2.45) is 0 Å². The third-order valence-electron chi connectivity index (χ3n) is 3.24. The monoisotopic (exact) mass is 345 g/mol. The summed E-state index contributed by atoms with van der Waals surface area (Å²) in [6, 6.07) is 9.01. The second-order valence-electron chi connectivity index (χ2n) is 4.98. The molecular formula is C18H19NO4S. The first-order valence-corrected chi connectivity index (χ1v) is 8.15. The van der Waals surface area contributed by atoms with Crippen molar-refractivity contribution >= 4 is 29.1 Å². The molecule has 0 fully saturated rings. The molecule has 1 aromatic carbocycles. The number of amides is 1. The van der Waals surface area contributed by atoms with Crippen LogP contribution in [0.5, 0.6) is 11.5 Å². The Morgan fingerprint density at radius 3 is 2.62 bits per heavy atom. The van der Waals surface area contributed by atoms with Crippen LogP contribution < -0.4 is 14.8 Å². The van der Waals surface area contributed by atoms with Crippen LogP contribution in [0.15, 0.2) is 36.4 Å². The molecule has 0 aliphatic heterocycles. The number of ether oxygens (including phenoxy) is 2. The highest BCUT2D eigenvalue weighted by molar-refractivity contribution is 7.14. The second kappa shape index (κ2) is 8.31. The van der Waals surface area contributed by atoms with Gasteiger partial charge in [0.1, 0.15) is 0 Å². The summed E-state index contributed by atoms with van der Waals surface area (Å²) in [5, 5.41) is 2.48. The molecule has 126 valence electrons. The first kappa shape index (κ1) is 17.7. The van der Waals surface area contributed by atoms with Crippen LogP contribution in [0.4, 0.5) is 0 Å². The lowest BCUT2D eigenvalue weighted by Crippen LogP contribution is -2.24. The van der Waals surface area contributed by atoms with Crippen molar-refractivity contribution in [3.05, 3.63) is 51.7 Å². The van der Waals surface area contributed by atoms with E-state index in [-0.39, 0.29) is 18.3 Å². The molecule has 0 atom stereocenters. The predicted octanol–water partition coefficient (Wildman–Crippen LogP) is 3.09. The zero-order valence-corrected chi connectivity index (χ0v) is 14.6. The first-order valence-electron chi connectivity index (χ1n) is 7.33. The molecule has 0 saturated carbocycles. The van der Waals surface area contributed by atoms with Crippen LogP contribution in [-0.2, 0) is 4.79 Å². The van der Waals surface area contributed by atoms with Crippen LogP contribution in [0.2, 0.25) is 0 Å². The summed E-state index contributed by atoms with van der Waals surface area (Å²) in [4.78, 5) is 25.1. The van der Waals surface area contributed by atoms with Crippen LogP contribution in [0.3, 0.4) is 0 Å². The van der Waals surface area contributed by atoms with Gasteiger partial charge < -0.3 is 14.8 Å². The number of likely N-dealkylation sites (N-methyl/N-ethyl adjacent to an activating group) is 1. The van der Waals surface area contributed by atoms with Gasteiger partial charge in [0.15, 0.2) is 23.9 Å². The van der Waals surface area contributed by atoms with Gasteiger partial charge in [-0.25, -0.2) is 0 Å². The van der Waals surface area contributed by atoms with E-state index in [1.54, 1.807) is 31.3 Å². The smallest absolute Gasteiger partial charge is 0.257 e. The molecule has 2 aromatic rings. The highest BCUT2D eigenvalue weighted by Crippen LogP contribution is 2.28. The number of aryl methyl sites for hydroxylation is 1. The number of hydrogen-bond donors (Lipinski definition) is 1. The number of hydrogen-bond acceptors (Lipinski definition) is 5. The highest BCUT2D eigenvalue weighted by Gasteiger charge is 2.08. The average Bonchev–Trinajstić information content (AvgIpc) is 3.04. The van der Waals surface area contributed by atoms with Gasteiger partial charge in [-0.3, -0.25) is 9.59 Å². The van der Waals surface area contributed by atoms with Crippen molar-refractivity contribution in [3.8, 4) is 11.5 Å². The second-order valence-corrected chi connectivity index (χ2v) is 6.27. The summed E-state index contributed by atoms with van der Waals surface area (Å²) in [5.41, 5.74) is 0.806. The van der Waals surface area contributed by atoms with Crippen molar-refractivity contribution in [2.75, 3.05) is 20.8 Å². The van der Waals surface area contributed by atoms with Crippen molar-refractivity contribution < 1.29 is 19.1 Å². The third-order valence-corrected chi connectivity index (χ3v) is 4.25. The molecule has 1 aromatic heterocycles. The van der Waals surface area contributed by atoms with Gasteiger partial charge >= 0.3 is 0 Å². The minimum atomic E-state index is -0.224. The van der Waals surface area contributed by atoms with Gasteiger partial charge in [0.2, 0.25) is 0 Å². The van der Waals surface area contributed by atoms with E-state index in [4.69, 9.17) is 9.47 Å². The summed E-state index contributed by atoms with van der Waals surface area (Å²) >= 11 is 1.47. The number of rotatable bonds is 7. The predicted molar refractivity (Wildman–Crippen MR) is 95.0 cm³/mol. The Morgan fingerprint density at radius 2 is 2.00 bits per heavy atom. The standard InChI is InChI=1S/C18H19NO4S/c1-12-4-9-17(24-12)14(20)7-5-13-6-8-15(16(10-13)22-3)23-11-18(21)19-2/h4-10H,11H2,1-3H3,(H,19,21)/b7-5-. The Labute approximate surface area is 144 Å². The molecule has 0 aliphatic carbocycles. The summed E-state index contributed by atoms with van der Waals surface area (Å²) in [5.74, 6) is 0.712. The zero-order chi connectivity index (χ0) is 17.5. The summed E-state index contributed by atoms with van der Waals surface area (Å²) in [6.45, 7) is 1.88. The maximum Gasteiger partial charge on any atom is 0.257 e. The molecule has 6 heteroatoms. The van der Waals surface area contributed by atoms with Gasteiger partial charge in [0.05, 0.1) is 12.0 Å². The molecule has 0 spiro atoms. The molecule has 0 aliphatic rings. The molecule has 24 heavy (non-hydrogen) atoms. The molecule has 0 bridgehead atoms. The first-order chi connectivity index (χ1) is 11.5. The van der Waals surface area contributed by atoms with Crippen molar-refractivity contribution in [1.29, 1.82) is 0 Å². The average molecular weight is 345 g/mol. The minimum absolute atomic E-state index is 0.0352. The molecule has 1 amide bonds. The number of carbonyl (C=O) groups is 2. The number of ketones is 1. The van der Waals surface area contributed by atoms with Gasteiger partial charge in [-0.2, -0.15) is 0 Å². The Kier molecular flexibility index (Phi) is 6.14. The van der Waals surface area contributed by atoms with E-state index < -0.39 is 0 Å². The van der Waals surface area contributed by atoms with Gasteiger partial charge in [-0.1, -0.05) is 12.1 Å². The minimum Gasteiger partial charge on any atom is -0.493 e. The van der Waals surface area contributed by atoms with E-state index in [9.17, 15) is 9.59 Å². The molecule has 0 saturated heterocycles. The van der Waals surface area contributed by atoms with E-state index in [2.05, 4.69) is 5.32 Å². The molecule has 5 nitrogen and oxygen atoms in total. The number of carbonyl (C=O) groups excluding carboxylic acids is 2. The third kappa shape index (κ3) is 4.70. The molecule has 0 radical (unpaired) electrons. The van der Waals surface area contributed by atoms with E-state index >= 15 is 0 Å². The number of allylic oxidation sites excluding steroid dienone is 1. The maximum absolute atomic E-state index is 12.1. The fourth-order valence-corrected chi connectivity index (χ4v) is 2.73. The van der Waals surface area contributed by atoms with Crippen LogP contribution >= 0.6 is 11.3 Å². The van der Waals surface area contributed by atoms with Crippen molar-refractivity contribution in [1.82, 2.24) is 5.32 Å². The number of methoxy groups -OCH3 is 1.